The van der Waals surface area contributed by atoms with E-state index in [-0.39, 0.29) is 5.91 Å². The molecule has 3 aromatic heterocycles. The van der Waals surface area contributed by atoms with Crippen molar-refractivity contribution in [1.82, 2.24) is 15.0 Å². The van der Waals surface area contributed by atoms with Gasteiger partial charge < -0.3 is 18.7 Å². The van der Waals surface area contributed by atoms with Gasteiger partial charge in [-0.25, -0.2) is 4.98 Å². The predicted octanol–water partition coefficient (Wildman–Crippen LogP) is 2.60. The van der Waals surface area contributed by atoms with Gasteiger partial charge in [-0.05, 0) is 31.2 Å². The fourth-order valence-electron chi connectivity index (χ4n) is 3.04. The molecule has 7 nitrogen and oxygen atoms in total. The zero-order valence-corrected chi connectivity index (χ0v) is 13.9. The number of carbonyl (C=O) groups is 1. The zero-order chi connectivity index (χ0) is 17.2. The Morgan fingerprint density at radius 3 is 2.64 bits per heavy atom. The van der Waals surface area contributed by atoms with E-state index in [1.54, 1.807) is 31.5 Å². The number of amides is 1. The third kappa shape index (κ3) is 2.88. The number of furan rings is 1. The number of carbonyl (C=O) groups excluding carboxylic acids is 1. The van der Waals surface area contributed by atoms with E-state index in [0.717, 1.165) is 18.9 Å². The van der Waals surface area contributed by atoms with Crippen LogP contribution >= 0.6 is 0 Å². The molecule has 0 spiro atoms. The maximum Gasteiger partial charge on any atom is 0.259 e. The summed E-state index contributed by atoms with van der Waals surface area (Å²) in [6, 6.07) is 9.38. The van der Waals surface area contributed by atoms with Crippen LogP contribution in [0.4, 0.5) is 5.82 Å². The van der Waals surface area contributed by atoms with E-state index < -0.39 is 0 Å². The summed E-state index contributed by atoms with van der Waals surface area (Å²) < 4.78 is 10.6. The average molecular weight is 338 g/mol. The Morgan fingerprint density at radius 2 is 1.96 bits per heavy atom. The largest absolute Gasteiger partial charge is 0.463 e. The molecular formula is C18H18N4O3. The second-order valence-electron chi connectivity index (χ2n) is 5.91. The molecule has 4 rings (SSSR count). The molecule has 0 radical (unpaired) electrons. The third-order valence-corrected chi connectivity index (χ3v) is 4.37. The van der Waals surface area contributed by atoms with Crippen molar-refractivity contribution in [1.29, 1.82) is 0 Å². The summed E-state index contributed by atoms with van der Waals surface area (Å²) in [6.07, 6.45) is 3.34. The highest BCUT2D eigenvalue weighted by Crippen LogP contribution is 2.27. The lowest BCUT2D eigenvalue weighted by molar-refractivity contribution is 0.0745. The standard InChI is InChI=1S/C18H18N4O3/c1-13-16(17(20-25-13)14-5-4-12-24-14)18(23)22-10-8-21(9-11-22)15-6-2-3-7-19-15/h2-7,12H,8-11H2,1H3. The highest BCUT2D eigenvalue weighted by Gasteiger charge is 2.29. The minimum Gasteiger partial charge on any atom is -0.463 e. The lowest BCUT2D eigenvalue weighted by atomic mass is 10.1. The minimum atomic E-state index is -0.0779. The highest BCUT2D eigenvalue weighted by atomic mass is 16.5. The van der Waals surface area contributed by atoms with Gasteiger partial charge in [0.1, 0.15) is 17.1 Å². The van der Waals surface area contributed by atoms with Crippen molar-refractivity contribution in [3.05, 3.63) is 54.1 Å². The Morgan fingerprint density at radius 1 is 1.12 bits per heavy atom. The average Bonchev–Trinajstić information content (AvgIpc) is 3.31. The number of pyridine rings is 1. The molecule has 1 fully saturated rings. The van der Waals surface area contributed by atoms with Crippen LogP contribution in [0.25, 0.3) is 11.5 Å². The molecule has 0 unspecified atom stereocenters. The fraction of sp³-hybridized carbons (Fsp3) is 0.278. The molecule has 0 aliphatic carbocycles. The van der Waals surface area contributed by atoms with E-state index in [4.69, 9.17) is 8.94 Å². The highest BCUT2D eigenvalue weighted by molar-refractivity contribution is 6.00. The fourth-order valence-corrected chi connectivity index (χ4v) is 3.04. The molecule has 1 aliphatic heterocycles. The first-order chi connectivity index (χ1) is 12.2. The van der Waals surface area contributed by atoms with Gasteiger partial charge in [0.2, 0.25) is 0 Å². The Labute approximate surface area is 144 Å². The van der Waals surface area contributed by atoms with Crippen LogP contribution in [0.1, 0.15) is 16.1 Å². The number of anilines is 1. The molecular weight excluding hydrogens is 320 g/mol. The number of rotatable bonds is 3. The zero-order valence-electron chi connectivity index (χ0n) is 13.9. The number of nitrogens with zero attached hydrogens (tertiary/aromatic N) is 4. The SMILES string of the molecule is Cc1onc(-c2ccco2)c1C(=O)N1CCN(c2ccccn2)CC1. The summed E-state index contributed by atoms with van der Waals surface area (Å²) in [5.41, 5.74) is 0.931. The van der Waals surface area contributed by atoms with Crippen LogP contribution in [0.3, 0.4) is 0 Å². The maximum atomic E-state index is 13.0. The molecule has 4 heterocycles. The summed E-state index contributed by atoms with van der Waals surface area (Å²) in [4.78, 5) is 21.4. The summed E-state index contributed by atoms with van der Waals surface area (Å²) in [5, 5.41) is 4.00. The first-order valence-electron chi connectivity index (χ1n) is 8.19. The van der Waals surface area contributed by atoms with Crippen LogP contribution in [0, 0.1) is 6.92 Å². The lowest BCUT2D eigenvalue weighted by Crippen LogP contribution is -2.49. The van der Waals surface area contributed by atoms with Gasteiger partial charge in [-0.2, -0.15) is 0 Å². The summed E-state index contributed by atoms with van der Waals surface area (Å²) in [5.74, 6) is 1.90. The second-order valence-corrected chi connectivity index (χ2v) is 5.91. The summed E-state index contributed by atoms with van der Waals surface area (Å²) in [6.45, 7) is 4.47. The van der Waals surface area contributed by atoms with Gasteiger partial charge in [0.05, 0.1) is 6.26 Å². The number of hydrogen-bond donors (Lipinski definition) is 0. The molecule has 1 saturated heterocycles. The molecule has 128 valence electrons. The van der Waals surface area contributed by atoms with E-state index >= 15 is 0 Å². The van der Waals surface area contributed by atoms with Crippen molar-refractivity contribution in [3.8, 4) is 11.5 Å². The second kappa shape index (κ2) is 6.43. The molecule has 0 atom stereocenters. The molecule has 0 N–H and O–H groups in total. The monoisotopic (exact) mass is 338 g/mol. The molecule has 0 aromatic carbocycles. The molecule has 25 heavy (non-hydrogen) atoms. The first kappa shape index (κ1) is 15.4. The quantitative estimate of drug-likeness (QED) is 0.731. The maximum absolute atomic E-state index is 13.0. The minimum absolute atomic E-state index is 0.0779. The Bertz CT molecular complexity index is 850. The van der Waals surface area contributed by atoms with Crippen LogP contribution < -0.4 is 4.90 Å². The Hall–Kier alpha value is -3.09. The predicted molar refractivity (Wildman–Crippen MR) is 91.3 cm³/mol. The number of hydrogen-bond acceptors (Lipinski definition) is 6. The Kier molecular flexibility index (Phi) is 3.97. The van der Waals surface area contributed by atoms with Gasteiger partial charge in [-0.3, -0.25) is 4.79 Å². The molecule has 3 aromatic rings. The van der Waals surface area contributed by atoms with Crippen molar-refractivity contribution < 1.29 is 13.7 Å². The van der Waals surface area contributed by atoms with Crippen molar-refractivity contribution in [2.45, 2.75) is 6.92 Å². The van der Waals surface area contributed by atoms with Gasteiger partial charge in [0.25, 0.3) is 5.91 Å². The van der Waals surface area contributed by atoms with Gasteiger partial charge in [-0.1, -0.05) is 11.2 Å². The van der Waals surface area contributed by atoms with Crippen molar-refractivity contribution >= 4 is 11.7 Å². The van der Waals surface area contributed by atoms with E-state index in [1.165, 1.54) is 0 Å². The van der Waals surface area contributed by atoms with Gasteiger partial charge in [-0.15, -0.1) is 0 Å². The number of aromatic nitrogens is 2. The van der Waals surface area contributed by atoms with Gasteiger partial charge in [0.15, 0.2) is 11.5 Å². The van der Waals surface area contributed by atoms with Crippen LogP contribution in [-0.4, -0.2) is 47.1 Å². The first-order valence-corrected chi connectivity index (χ1v) is 8.19. The molecule has 0 bridgehead atoms. The van der Waals surface area contributed by atoms with Crippen LogP contribution in [-0.2, 0) is 0 Å². The number of aryl methyl sites for hydroxylation is 1. The molecule has 7 heteroatoms. The molecule has 1 aliphatic rings. The van der Waals surface area contributed by atoms with Crippen LogP contribution in [0.5, 0.6) is 0 Å². The third-order valence-electron chi connectivity index (χ3n) is 4.37. The van der Waals surface area contributed by atoms with Crippen LogP contribution in [0.2, 0.25) is 0 Å². The van der Waals surface area contributed by atoms with E-state index in [0.29, 0.717) is 35.9 Å². The topological polar surface area (TPSA) is 75.6 Å². The van der Waals surface area contributed by atoms with Crippen molar-refractivity contribution in [2.24, 2.45) is 0 Å². The summed E-state index contributed by atoms with van der Waals surface area (Å²) >= 11 is 0. The van der Waals surface area contributed by atoms with Crippen molar-refractivity contribution in [3.63, 3.8) is 0 Å². The van der Waals surface area contributed by atoms with Gasteiger partial charge >= 0.3 is 0 Å². The van der Waals surface area contributed by atoms with Gasteiger partial charge in [0, 0.05) is 32.4 Å². The van der Waals surface area contributed by atoms with E-state index in [2.05, 4.69) is 15.0 Å². The molecule has 1 amide bonds. The van der Waals surface area contributed by atoms with E-state index in [9.17, 15) is 4.79 Å². The van der Waals surface area contributed by atoms with Crippen molar-refractivity contribution in [2.75, 3.05) is 31.1 Å². The van der Waals surface area contributed by atoms with Crippen LogP contribution in [0.15, 0.2) is 51.7 Å². The normalized spacial score (nSPS) is 14.8. The smallest absolute Gasteiger partial charge is 0.259 e. The lowest BCUT2D eigenvalue weighted by Gasteiger charge is -2.35. The van der Waals surface area contributed by atoms with E-state index in [1.807, 2.05) is 23.1 Å². The molecule has 0 saturated carbocycles. The summed E-state index contributed by atoms with van der Waals surface area (Å²) in [7, 11) is 0. The number of piperazine rings is 1. The Balaban J connectivity index is 1.51.